The van der Waals surface area contributed by atoms with Crippen molar-refractivity contribution in [1.82, 2.24) is 24.7 Å². The zero-order valence-electron chi connectivity index (χ0n) is 14.0. The molecule has 1 aromatic carbocycles. The number of hydrogen-bond acceptors (Lipinski definition) is 6. The molecule has 3 aromatic heterocycles. The molecule has 0 amide bonds. The smallest absolute Gasteiger partial charge is 0.368 e. The van der Waals surface area contributed by atoms with E-state index in [-0.39, 0.29) is 17.3 Å². The van der Waals surface area contributed by atoms with Gasteiger partial charge in [0.25, 0.3) is 0 Å². The second-order valence-corrected chi connectivity index (χ2v) is 5.97. The minimum atomic E-state index is -4.73. The second kappa shape index (κ2) is 6.08. The summed E-state index contributed by atoms with van der Waals surface area (Å²) in [7, 11) is 1.91. The van der Waals surface area contributed by atoms with Gasteiger partial charge in [-0.25, -0.2) is 9.97 Å². The molecule has 0 atom stereocenters. The molecule has 0 saturated carbocycles. The summed E-state index contributed by atoms with van der Waals surface area (Å²) in [5, 5.41) is 4.43. The number of aryl methyl sites for hydroxylation is 1. The zero-order valence-corrected chi connectivity index (χ0v) is 14.0. The molecule has 0 fully saturated rings. The molecule has 4 rings (SSSR count). The maximum absolute atomic E-state index is 12.8. The van der Waals surface area contributed by atoms with Crippen molar-refractivity contribution in [3.63, 3.8) is 0 Å². The van der Waals surface area contributed by atoms with Crippen molar-refractivity contribution in [2.75, 3.05) is 5.73 Å². The van der Waals surface area contributed by atoms with Crippen LogP contribution in [-0.2, 0) is 19.6 Å². The summed E-state index contributed by atoms with van der Waals surface area (Å²) in [6, 6.07) is 7.78. The second-order valence-electron chi connectivity index (χ2n) is 5.97. The zero-order chi connectivity index (χ0) is 19.2. The number of alkyl halides is 3. The Hall–Kier alpha value is -3.43. The molecule has 10 heteroatoms. The van der Waals surface area contributed by atoms with E-state index in [2.05, 4.69) is 24.6 Å². The summed E-state index contributed by atoms with van der Waals surface area (Å²) < 4.78 is 44.5. The highest BCUT2D eigenvalue weighted by atomic mass is 19.4. The van der Waals surface area contributed by atoms with Crippen molar-refractivity contribution in [3.8, 4) is 11.4 Å². The first-order valence-corrected chi connectivity index (χ1v) is 7.88. The summed E-state index contributed by atoms with van der Waals surface area (Å²) in [6.07, 6.45) is -1.17. The molecule has 4 aromatic rings. The van der Waals surface area contributed by atoms with E-state index in [1.165, 1.54) is 6.20 Å². The Labute approximate surface area is 150 Å². The molecule has 2 N–H and O–H groups in total. The molecular formula is C17H13F3N6O. The van der Waals surface area contributed by atoms with E-state index in [0.29, 0.717) is 12.1 Å². The van der Waals surface area contributed by atoms with Crippen LogP contribution in [0.3, 0.4) is 0 Å². The molecule has 0 aliphatic rings. The van der Waals surface area contributed by atoms with Crippen molar-refractivity contribution < 1.29 is 17.7 Å². The number of aromatic nitrogens is 5. The fourth-order valence-corrected chi connectivity index (χ4v) is 2.95. The molecule has 0 radical (unpaired) electrons. The summed E-state index contributed by atoms with van der Waals surface area (Å²) >= 11 is 0. The lowest BCUT2D eigenvalue weighted by Gasteiger charge is -2.05. The van der Waals surface area contributed by atoms with Gasteiger partial charge >= 0.3 is 12.1 Å². The molecule has 0 spiro atoms. The predicted octanol–water partition coefficient (Wildman–Crippen LogP) is 3.21. The normalized spacial score (nSPS) is 12.0. The first kappa shape index (κ1) is 17.0. The largest absolute Gasteiger partial charge is 0.471 e. The molecule has 7 nitrogen and oxygen atoms in total. The average molecular weight is 374 g/mol. The van der Waals surface area contributed by atoms with Gasteiger partial charge in [-0.2, -0.15) is 18.2 Å². The Morgan fingerprint density at radius 1 is 1.19 bits per heavy atom. The van der Waals surface area contributed by atoms with Crippen molar-refractivity contribution in [3.05, 3.63) is 53.8 Å². The van der Waals surface area contributed by atoms with Crippen LogP contribution in [-0.4, -0.2) is 24.7 Å². The summed E-state index contributed by atoms with van der Waals surface area (Å²) in [5.41, 5.74) is 8.28. The molecule has 0 unspecified atom stereocenters. The minimum absolute atomic E-state index is 0.00789. The molecule has 0 saturated heterocycles. The molecule has 27 heavy (non-hydrogen) atoms. The van der Waals surface area contributed by atoms with E-state index in [4.69, 9.17) is 5.73 Å². The van der Waals surface area contributed by atoms with Crippen molar-refractivity contribution in [2.45, 2.75) is 12.6 Å². The van der Waals surface area contributed by atoms with Gasteiger partial charge in [-0.1, -0.05) is 23.4 Å². The van der Waals surface area contributed by atoms with Crippen LogP contribution in [0, 0.1) is 0 Å². The van der Waals surface area contributed by atoms with Crippen LogP contribution < -0.4 is 5.73 Å². The van der Waals surface area contributed by atoms with Crippen molar-refractivity contribution in [1.29, 1.82) is 0 Å². The summed E-state index contributed by atoms with van der Waals surface area (Å²) in [4.78, 5) is 11.5. The van der Waals surface area contributed by atoms with Gasteiger partial charge in [-0.05, 0) is 11.6 Å². The average Bonchev–Trinajstić information content (AvgIpc) is 3.22. The fourth-order valence-electron chi connectivity index (χ4n) is 2.95. The molecular weight excluding hydrogens is 361 g/mol. The number of para-hydroxylation sites is 1. The molecule has 0 aliphatic carbocycles. The van der Waals surface area contributed by atoms with Gasteiger partial charge in [0.15, 0.2) is 0 Å². The third kappa shape index (κ3) is 3.09. The Balaban J connectivity index is 1.79. The molecule has 0 bridgehead atoms. The van der Waals surface area contributed by atoms with Gasteiger partial charge in [0.2, 0.25) is 11.8 Å². The van der Waals surface area contributed by atoms with E-state index in [1.54, 1.807) is 0 Å². The summed E-state index contributed by atoms with van der Waals surface area (Å²) in [5.74, 6) is -1.66. The number of nitrogens with zero attached hydrogens (tertiary/aromatic N) is 5. The number of hydrogen-bond donors (Lipinski definition) is 1. The number of halogens is 3. The highest BCUT2D eigenvalue weighted by molar-refractivity contribution is 5.84. The maximum atomic E-state index is 12.8. The van der Waals surface area contributed by atoms with Crippen LogP contribution >= 0.6 is 0 Å². The van der Waals surface area contributed by atoms with Crippen LogP contribution in [0.25, 0.3) is 22.3 Å². The summed E-state index contributed by atoms with van der Waals surface area (Å²) in [6.45, 7) is 0. The fraction of sp³-hybridized carbons (Fsp3) is 0.176. The van der Waals surface area contributed by atoms with E-state index >= 15 is 0 Å². The highest BCUT2D eigenvalue weighted by Gasteiger charge is 2.38. The van der Waals surface area contributed by atoms with Crippen LogP contribution in [0.15, 0.2) is 41.2 Å². The monoisotopic (exact) mass is 374 g/mol. The van der Waals surface area contributed by atoms with Gasteiger partial charge in [-0.15, -0.1) is 0 Å². The third-order valence-corrected chi connectivity index (χ3v) is 4.13. The quantitative estimate of drug-likeness (QED) is 0.592. The van der Waals surface area contributed by atoms with Crippen molar-refractivity contribution in [2.24, 2.45) is 7.05 Å². The van der Waals surface area contributed by atoms with Crippen LogP contribution in [0.2, 0.25) is 0 Å². The topological polar surface area (TPSA) is 95.7 Å². The standard InChI is InChI=1S/C17H13F3N6O/c1-26-8-9(10-4-2-3-5-13(10)26)6-12-11(7-22-16(21)23-12)14-24-15(27-25-14)17(18,19)20/h2-5,7-8H,6H2,1H3,(H2,21,22,23). The lowest BCUT2D eigenvalue weighted by Crippen LogP contribution is -2.06. The number of nitrogens with two attached hydrogens (primary N) is 1. The van der Waals surface area contributed by atoms with Crippen LogP contribution in [0.4, 0.5) is 19.1 Å². The maximum Gasteiger partial charge on any atom is 0.471 e. The van der Waals surface area contributed by atoms with Crippen LogP contribution in [0.5, 0.6) is 0 Å². The first-order chi connectivity index (χ1) is 12.8. The minimum Gasteiger partial charge on any atom is -0.368 e. The van der Waals surface area contributed by atoms with Crippen LogP contribution in [0.1, 0.15) is 17.1 Å². The van der Waals surface area contributed by atoms with E-state index < -0.39 is 12.1 Å². The predicted molar refractivity (Wildman–Crippen MR) is 90.5 cm³/mol. The molecule has 3 heterocycles. The Bertz CT molecular complexity index is 1130. The van der Waals surface area contributed by atoms with Gasteiger partial charge in [0.05, 0.1) is 11.3 Å². The molecule has 138 valence electrons. The number of fused-ring (bicyclic) bond motifs is 1. The third-order valence-electron chi connectivity index (χ3n) is 4.13. The van der Waals surface area contributed by atoms with Gasteiger partial charge < -0.3 is 14.8 Å². The lowest BCUT2D eigenvalue weighted by atomic mass is 10.1. The van der Waals surface area contributed by atoms with E-state index in [9.17, 15) is 13.2 Å². The van der Waals surface area contributed by atoms with E-state index in [1.807, 2.05) is 42.1 Å². The highest BCUT2D eigenvalue weighted by Crippen LogP contribution is 2.31. The van der Waals surface area contributed by atoms with Crippen molar-refractivity contribution >= 4 is 16.9 Å². The van der Waals surface area contributed by atoms with E-state index in [0.717, 1.165) is 16.5 Å². The number of benzene rings is 1. The number of anilines is 1. The molecule has 0 aliphatic heterocycles. The first-order valence-electron chi connectivity index (χ1n) is 7.88. The van der Waals surface area contributed by atoms with Gasteiger partial charge in [0.1, 0.15) is 0 Å². The Morgan fingerprint density at radius 2 is 1.96 bits per heavy atom. The lowest BCUT2D eigenvalue weighted by molar-refractivity contribution is -0.159. The Morgan fingerprint density at radius 3 is 2.70 bits per heavy atom. The number of rotatable bonds is 3. The Kier molecular flexibility index (Phi) is 3.83. The number of nitrogen functional groups attached to an aromatic ring is 1. The van der Waals surface area contributed by atoms with Gasteiger partial charge in [-0.3, -0.25) is 0 Å². The van der Waals surface area contributed by atoms with Gasteiger partial charge in [0, 0.05) is 36.8 Å². The SMILES string of the molecule is Cn1cc(Cc2nc(N)ncc2-c2noc(C(F)(F)F)n2)c2ccccc21.